The fourth-order valence-corrected chi connectivity index (χ4v) is 2.55. The van der Waals surface area contributed by atoms with Crippen LogP contribution in [0.2, 0.25) is 10.0 Å². The zero-order chi connectivity index (χ0) is 11.0. The highest BCUT2D eigenvalue weighted by Crippen LogP contribution is 2.38. The van der Waals surface area contributed by atoms with Crippen LogP contribution in [0.15, 0.2) is 12.1 Å². The normalized spacial score (nSPS) is 16.7. The predicted molar refractivity (Wildman–Crippen MR) is 67.3 cm³/mol. The summed E-state index contributed by atoms with van der Waals surface area (Å²) in [6, 6.07) is 4.55. The van der Waals surface area contributed by atoms with Crippen molar-refractivity contribution in [2.24, 2.45) is 0 Å². The first-order valence-corrected chi connectivity index (χ1v) is 6.14. The molecule has 3 heteroatoms. The van der Waals surface area contributed by atoms with E-state index in [0.717, 1.165) is 24.4 Å². The monoisotopic (exact) mass is 243 g/mol. The first kappa shape index (κ1) is 11.1. The number of hydrogen-bond donors (Lipinski definition) is 0. The quantitative estimate of drug-likeness (QED) is 0.755. The van der Waals surface area contributed by atoms with Crippen molar-refractivity contribution >= 4 is 28.9 Å². The maximum absolute atomic E-state index is 6.19. The van der Waals surface area contributed by atoms with E-state index in [1.54, 1.807) is 0 Å². The topological polar surface area (TPSA) is 3.24 Å². The fourth-order valence-electron chi connectivity index (χ4n) is 2.12. The minimum absolute atomic E-state index is 0.573. The smallest absolute Gasteiger partial charge is 0.0645 e. The molecule has 0 N–H and O–H groups in total. The highest BCUT2D eigenvalue weighted by molar-refractivity contribution is 6.42. The SMILES string of the molecule is CCC(C)N1CCc2c1ccc(Cl)c2Cl. The molecule has 0 bridgehead atoms. The zero-order valence-corrected chi connectivity index (χ0v) is 10.6. The van der Waals surface area contributed by atoms with E-state index < -0.39 is 0 Å². The molecule has 2 rings (SSSR count). The lowest BCUT2D eigenvalue weighted by Gasteiger charge is -2.26. The van der Waals surface area contributed by atoms with Crippen LogP contribution in [0, 0.1) is 0 Å². The summed E-state index contributed by atoms with van der Waals surface area (Å²) in [5.74, 6) is 0. The van der Waals surface area contributed by atoms with Gasteiger partial charge in [-0.3, -0.25) is 0 Å². The second-order valence-electron chi connectivity index (χ2n) is 4.06. The molecule has 1 aromatic rings. The van der Waals surface area contributed by atoms with Gasteiger partial charge in [-0.25, -0.2) is 0 Å². The summed E-state index contributed by atoms with van der Waals surface area (Å²) >= 11 is 12.2. The van der Waals surface area contributed by atoms with Crippen LogP contribution in [-0.2, 0) is 6.42 Å². The van der Waals surface area contributed by atoms with E-state index in [0.29, 0.717) is 11.1 Å². The van der Waals surface area contributed by atoms with Crippen molar-refractivity contribution in [1.82, 2.24) is 0 Å². The summed E-state index contributed by atoms with van der Waals surface area (Å²) < 4.78 is 0. The number of benzene rings is 1. The highest BCUT2D eigenvalue weighted by Gasteiger charge is 2.25. The Bertz CT molecular complexity index is 376. The molecule has 1 aliphatic rings. The Hall–Kier alpha value is -0.400. The van der Waals surface area contributed by atoms with Crippen LogP contribution >= 0.6 is 23.2 Å². The second kappa shape index (κ2) is 4.23. The molecule has 0 fully saturated rings. The predicted octanol–water partition coefficient (Wildman–Crippen LogP) is 4.15. The van der Waals surface area contributed by atoms with Gasteiger partial charge < -0.3 is 4.90 Å². The van der Waals surface area contributed by atoms with Crippen molar-refractivity contribution in [3.8, 4) is 0 Å². The Balaban J connectivity index is 2.40. The summed E-state index contributed by atoms with van der Waals surface area (Å²) in [4.78, 5) is 2.41. The molecule has 0 spiro atoms. The Kier molecular flexibility index (Phi) is 3.13. The third kappa shape index (κ3) is 1.83. The number of nitrogens with zero attached hydrogens (tertiary/aromatic N) is 1. The van der Waals surface area contributed by atoms with Crippen LogP contribution in [0.25, 0.3) is 0 Å². The first-order chi connectivity index (χ1) is 7.15. The molecule has 0 aliphatic carbocycles. The van der Waals surface area contributed by atoms with E-state index in [4.69, 9.17) is 23.2 Å². The third-order valence-corrected chi connectivity index (χ3v) is 4.05. The number of rotatable bonds is 2. The number of halogens is 2. The average molecular weight is 244 g/mol. The van der Waals surface area contributed by atoms with E-state index in [1.807, 2.05) is 6.07 Å². The Labute approximate surface area is 101 Å². The van der Waals surface area contributed by atoms with Gasteiger partial charge in [0, 0.05) is 18.3 Å². The fraction of sp³-hybridized carbons (Fsp3) is 0.500. The lowest BCUT2D eigenvalue weighted by Crippen LogP contribution is -2.30. The molecule has 82 valence electrons. The molecule has 1 unspecified atom stereocenters. The van der Waals surface area contributed by atoms with Gasteiger partial charge in [0.15, 0.2) is 0 Å². The van der Waals surface area contributed by atoms with E-state index in [9.17, 15) is 0 Å². The van der Waals surface area contributed by atoms with Crippen LogP contribution in [0.4, 0.5) is 5.69 Å². The van der Waals surface area contributed by atoms with E-state index in [-0.39, 0.29) is 0 Å². The molecule has 1 aliphatic heterocycles. The van der Waals surface area contributed by atoms with Crippen LogP contribution in [0.3, 0.4) is 0 Å². The van der Waals surface area contributed by atoms with Crippen molar-refractivity contribution in [2.45, 2.75) is 32.7 Å². The lowest BCUT2D eigenvalue weighted by molar-refractivity contribution is 0.635. The van der Waals surface area contributed by atoms with Gasteiger partial charge in [0.2, 0.25) is 0 Å². The van der Waals surface area contributed by atoms with Crippen LogP contribution in [0.1, 0.15) is 25.8 Å². The molecule has 1 heterocycles. The van der Waals surface area contributed by atoms with E-state index in [2.05, 4.69) is 24.8 Å². The molecular formula is C12H15Cl2N. The third-order valence-electron chi connectivity index (χ3n) is 3.21. The van der Waals surface area contributed by atoms with E-state index in [1.165, 1.54) is 11.3 Å². The van der Waals surface area contributed by atoms with Crippen LogP contribution in [0.5, 0.6) is 0 Å². The van der Waals surface area contributed by atoms with Crippen LogP contribution < -0.4 is 4.90 Å². The standard InChI is InChI=1S/C12H15Cl2N/c1-3-8(2)15-7-6-9-11(15)5-4-10(13)12(9)14/h4-5,8H,3,6-7H2,1-2H3. The number of anilines is 1. The van der Waals surface area contributed by atoms with E-state index >= 15 is 0 Å². The summed E-state index contributed by atoms with van der Waals surface area (Å²) in [5.41, 5.74) is 2.48. The van der Waals surface area contributed by atoms with Gasteiger partial charge in [-0.2, -0.15) is 0 Å². The Morgan fingerprint density at radius 3 is 2.80 bits per heavy atom. The first-order valence-electron chi connectivity index (χ1n) is 5.38. The zero-order valence-electron chi connectivity index (χ0n) is 9.06. The summed E-state index contributed by atoms with van der Waals surface area (Å²) in [5, 5.41) is 1.40. The number of fused-ring (bicyclic) bond motifs is 1. The van der Waals surface area contributed by atoms with Crippen molar-refractivity contribution in [2.75, 3.05) is 11.4 Å². The summed E-state index contributed by atoms with van der Waals surface area (Å²) in [6.45, 7) is 5.52. The Morgan fingerprint density at radius 1 is 1.40 bits per heavy atom. The number of hydrogen-bond acceptors (Lipinski definition) is 1. The van der Waals surface area contributed by atoms with Gasteiger partial charge in [0.1, 0.15) is 0 Å². The van der Waals surface area contributed by atoms with Gasteiger partial charge in [-0.1, -0.05) is 30.1 Å². The maximum Gasteiger partial charge on any atom is 0.0645 e. The van der Waals surface area contributed by atoms with Crippen LogP contribution in [-0.4, -0.2) is 12.6 Å². The molecular weight excluding hydrogens is 229 g/mol. The second-order valence-corrected chi connectivity index (χ2v) is 4.84. The van der Waals surface area contributed by atoms with Crippen molar-refractivity contribution < 1.29 is 0 Å². The molecule has 0 saturated heterocycles. The van der Waals surface area contributed by atoms with Crippen molar-refractivity contribution in [3.05, 3.63) is 27.7 Å². The van der Waals surface area contributed by atoms with Gasteiger partial charge in [-0.05, 0) is 37.5 Å². The molecule has 15 heavy (non-hydrogen) atoms. The largest absolute Gasteiger partial charge is 0.368 e. The minimum atomic E-state index is 0.573. The molecule has 0 saturated carbocycles. The molecule has 0 aromatic heterocycles. The molecule has 1 nitrogen and oxygen atoms in total. The minimum Gasteiger partial charge on any atom is -0.368 e. The van der Waals surface area contributed by atoms with Gasteiger partial charge in [0.05, 0.1) is 10.0 Å². The molecule has 1 atom stereocenters. The highest BCUT2D eigenvalue weighted by atomic mass is 35.5. The van der Waals surface area contributed by atoms with Gasteiger partial charge in [-0.15, -0.1) is 0 Å². The van der Waals surface area contributed by atoms with Gasteiger partial charge >= 0.3 is 0 Å². The van der Waals surface area contributed by atoms with Crippen molar-refractivity contribution in [1.29, 1.82) is 0 Å². The summed E-state index contributed by atoms with van der Waals surface area (Å²) in [6.07, 6.45) is 2.17. The average Bonchev–Trinajstić information content (AvgIpc) is 2.66. The van der Waals surface area contributed by atoms with Crippen molar-refractivity contribution in [3.63, 3.8) is 0 Å². The summed E-state index contributed by atoms with van der Waals surface area (Å²) in [7, 11) is 0. The molecule has 0 amide bonds. The lowest BCUT2D eigenvalue weighted by atomic mass is 10.1. The molecule has 0 radical (unpaired) electrons. The molecule has 1 aromatic carbocycles. The Morgan fingerprint density at radius 2 is 2.13 bits per heavy atom. The van der Waals surface area contributed by atoms with Gasteiger partial charge in [0.25, 0.3) is 0 Å². The maximum atomic E-state index is 6.19.